The van der Waals surface area contributed by atoms with E-state index in [4.69, 9.17) is 9.57 Å². The fraction of sp³-hybridized carbons (Fsp3) is 0.423. The first-order valence-electron chi connectivity index (χ1n) is 12.0. The number of anilines is 2. The van der Waals surface area contributed by atoms with E-state index < -0.39 is 29.7 Å². The molecule has 3 fully saturated rings. The van der Waals surface area contributed by atoms with Crippen LogP contribution >= 0.6 is 0 Å². The molecule has 2 N–H and O–H groups in total. The molecule has 0 aromatic heterocycles. The van der Waals surface area contributed by atoms with Crippen LogP contribution in [0.5, 0.6) is 5.75 Å². The number of benzene rings is 2. The van der Waals surface area contributed by atoms with Gasteiger partial charge in [-0.25, -0.2) is 18.6 Å². The maximum atomic E-state index is 15.2. The predicted octanol–water partition coefficient (Wildman–Crippen LogP) is 3.05. The first-order chi connectivity index (χ1) is 17.8. The van der Waals surface area contributed by atoms with E-state index in [1.54, 1.807) is 12.1 Å². The van der Waals surface area contributed by atoms with E-state index in [1.807, 2.05) is 0 Å². The monoisotopic (exact) mass is 532 g/mol. The topological polar surface area (TPSA) is 112 Å². The van der Waals surface area contributed by atoms with Crippen LogP contribution < -0.4 is 15.1 Å². The lowest BCUT2D eigenvalue weighted by Gasteiger charge is -2.24. The number of hydrogen-bond donors (Lipinski definition) is 2. The minimum absolute atomic E-state index is 0. The molecule has 0 radical (unpaired) electrons. The third-order valence-electron chi connectivity index (χ3n) is 6.50. The van der Waals surface area contributed by atoms with Gasteiger partial charge in [-0.2, -0.15) is 0 Å². The van der Waals surface area contributed by atoms with E-state index in [-0.39, 0.29) is 81.3 Å². The number of ether oxygens (including phenoxy) is 1. The number of hydrogen-bond acceptors (Lipinski definition) is 7. The van der Waals surface area contributed by atoms with Crippen molar-refractivity contribution in [3.8, 4) is 5.75 Å². The minimum atomic E-state index is -0.881. The van der Waals surface area contributed by atoms with Crippen molar-refractivity contribution in [3.63, 3.8) is 0 Å². The second kappa shape index (κ2) is 11.2. The van der Waals surface area contributed by atoms with E-state index in [1.165, 1.54) is 17.0 Å². The molecule has 38 heavy (non-hydrogen) atoms. The largest absolute Gasteiger partial charge is 0.507 e. The molecule has 5 rings (SSSR count). The van der Waals surface area contributed by atoms with Crippen molar-refractivity contribution >= 4 is 29.3 Å². The van der Waals surface area contributed by atoms with Crippen molar-refractivity contribution in [1.29, 1.82) is 0 Å². The quantitative estimate of drug-likeness (QED) is 0.588. The number of amides is 3. The molecule has 1 atom stereocenters. The second-order valence-corrected chi connectivity index (χ2v) is 9.14. The summed E-state index contributed by atoms with van der Waals surface area (Å²) in [6, 6.07) is 8.14. The van der Waals surface area contributed by atoms with Gasteiger partial charge in [0.05, 0.1) is 37.5 Å². The summed E-state index contributed by atoms with van der Waals surface area (Å²) in [6.07, 6.45) is 0.318. The number of rotatable bonds is 6. The summed E-state index contributed by atoms with van der Waals surface area (Å²) in [4.78, 5) is 44.9. The Hall–Kier alpha value is -3.93. The third-order valence-corrected chi connectivity index (χ3v) is 6.50. The SMILES string of the molecule is C.O=C(NC[C@H]1CN(c2cc(F)c(N3CCON(C(=O)c4ccccc4O)CC3)c(F)c2)C(=O)O1)C1CC1. The van der Waals surface area contributed by atoms with E-state index in [0.29, 0.717) is 0 Å². The standard InChI is InChI=1S/C25H26F2N4O6.CH4/c26-19-11-16(30-14-17(37-25(30)35)13-28-23(33)15-5-6-15)12-20(27)22(19)29-7-8-31(36-10-9-29)24(34)18-3-1-2-4-21(18)32;/h1-4,11-12,15,17,32H,5-10,13-14H2,(H,28,33);1H4/t17-;/m0./s1. The minimum Gasteiger partial charge on any atom is -0.507 e. The van der Waals surface area contributed by atoms with Crippen LogP contribution in [0.3, 0.4) is 0 Å². The molecule has 1 aliphatic carbocycles. The van der Waals surface area contributed by atoms with Crippen LogP contribution in [0.4, 0.5) is 25.0 Å². The van der Waals surface area contributed by atoms with Crippen molar-refractivity contribution < 1.29 is 37.8 Å². The summed E-state index contributed by atoms with van der Waals surface area (Å²) in [7, 11) is 0. The van der Waals surface area contributed by atoms with Crippen LogP contribution in [0.1, 0.15) is 30.6 Å². The van der Waals surface area contributed by atoms with E-state index in [0.717, 1.165) is 34.9 Å². The van der Waals surface area contributed by atoms with Crippen LogP contribution in [0.25, 0.3) is 0 Å². The molecule has 2 aromatic carbocycles. The van der Waals surface area contributed by atoms with Crippen molar-refractivity contribution in [2.45, 2.75) is 26.4 Å². The first-order valence-corrected chi connectivity index (χ1v) is 12.0. The molecular formula is C26H30F2N4O6. The zero-order valence-corrected chi connectivity index (χ0v) is 19.9. The highest BCUT2D eigenvalue weighted by molar-refractivity contribution is 5.96. The number of cyclic esters (lactones) is 1. The van der Waals surface area contributed by atoms with Crippen LogP contribution in [-0.4, -0.2) is 73.5 Å². The number of aromatic hydroxyl groups is 1. The third kappa shape index (κ3) is 5.64. The van der Waals surface area contributed by atoms with Gasteiger partial charge in [0.1, 0.15) is 17.5 Å². The Labute approximate surface area is 218 Å². The molecule has 2 aromatic rings. The number of carbonyl (C=O) groups is 3. The van der Waals surface area contributed by atoms with Crippen LogP contribution in [0.15, 0.2) is 36.4 Å². The molecule has 3 amide bonds. The van der Waals surface area contributed by atoms with E-state index in [9.17, 15) is 19.5 Å². The number of para-hydroxylation sites is 1. The molecule has 2 aliphatic heterocycles. The van der Waals surface area contributed by atoms with Gasteiger partial charge in [0.15, 0.2) is 11.6 Å². The fourth-order valence-corrected chi connectivity index (χ4v) is 4.37. The summed E-state index contributed by atoms with van der Waals surface area (Å²) in [5, 5.41) is 13.7. The van der Waals surface area contributed by atoms with Gasteiger partial charge in [0.2, 0.25) is 5.91 Å². The van der Waals surface area contributed by atoms with Crippen molar-refractivity contribution in [2.24, 2.45) is 5.92 Å². The highest BCUT2D eigenvalue weighted by Crippen LogP contribution is 2.32. The normalized spacial score (nSPS) is 19.5. The molecule has 2 heterocycles. The van der Waals surface area contributed by atoms with Gasteiger partial charge >= 0.3 is 6.09 Å². The molecular weight excluding hydrogens is 502 g/mol. The Morgan fingerprint density at radius 2 is 1.79 bits per heavy atom. The molecule has 2 saturated heterocycles. The van der Waals surface area contributed by atoms with Gasteiger partial charge in [-0.1, -0.05) is 19.6 Å². The lowest BCUT2D eigenvalue weighted by atomic mass is 10.2. The predicted molar refractivity (Wildman–Crippen MR) is 134 cm³/mol. The van der Waals surface area contributed by atoms with E-state index in [2.05, 4.69) is 5.32 Å². The maximum Gasteiger partial charge on any atom is 0.414 e. The molecule has 3 aliphatic rings. The number of halogens is 2. The highest BCUT2D eigenvalue weighted by atomic mass is 19.1. The average molecular weight is 533 g/mol. The smallest absolute Gasteiger partial charge is 0.414 e. The zero-order chi connectivity index (χ0) is 26.1. The fourth-order valence-electron chi connectivity index (χ4n) is 4.37. The van der Waals surface area contributed by atoms with Gasteiger partial charge in [-0.3, -0.25) is 19.3 Å². The van der Waals surface area contributed by atoms with Gasteiger partial charge in [0.25, 0.3) is 5.91 Å². The Morgan fingerprint density at radius 1 is 1.08 bits per heavy atom. The highest BCUT2D eigenvalue weighted by Gasteiger charge is 2.36. The van der Waals surface area contributed by atoms with Gasteiger partial charge in [-0.15, -0.1) is 0 Å². The van der Waals surface area contributed by atoms with Crippen LogP contribution in [0.2, 0.25) is 0 Å². The number of hydroxylamine groups is 2. The summed E-state index contributed by atoms with van der Waals surface area (Å²) in [6.45, 7) is 0.327. The molecule has 12 heteroatoms. The first kappa shape index (κ1) is 27.1. The maximum absolute atomic E-state index is 15.2. The number of carbonyl (C=O) groups excluding carboxylic acids is 3. The van der Waals surface area contributed by atoms with E-state index >= 15 is 8.78 Å². The van der Waals surface area contributed by atoms with Gasteiger partial charge < -0.3 is 20.1 Å². The average Bonchev–Trinajstić information content (AvgIpc) is 3.68. The Balaban J connectivity index is 0.00000336. The molecule has 1 saturated carbocycles. The van der Waals surface area contributed by atoms with Gasteiger partial charge in [0, 0.05) is 31.1 Å². The molecule has 0 spiro atoms. The Morgan fingerprint density at radius 3 is 2.47 bits per heavy atom. The number of nitrogens with zero attached hydrogens (tertiary/aromatic N) is 3. The van der Waals surface area contributed by atoms with Crippen molar-refractivity contribution in [1.82, 2.24) is 10.4 Å². The Bertz CT molecular complexity index is 1200. The summed E-state index contributed by atoms with van der Waals surface area (Å²) in [5.41, 5.74) is -0.243. The molecule has 10 nitrogen and oxygen atoms in total. The summed E-state index contributed by atoms with van der Waals surface area (Å²) < 4.78 is 35.6. The number of nitrogens with one attached hydrogen (secondary N) is 1. The Kier molecular flexibility index (Phi) is 8.00. The van der Waals surface area contributed by atoms with Gasteiger partial charge in [-0.05, 0) is 25.0 Å². The van der Waals surface area contributed by atoms with Crippen molar-refractivity contribution in [2.75, 3.05) is 49.1 Å². The molecule has 0 bridgehead atoms. The lowest BCUT2D eigenvalue weighted by Crippen LogP contribution is -2.35. The lowest BCUT2D eigenvalue weighted by molar-refractivity contribution is -0.122. The molecule has 204 valence electrons. The summed E-state index contributed by atoms with van der Waals surface area (Å²) >= 11 is 0. The van der Waals surface area contributed by atoms with Crippen molar-refractivity contribution in [3.05, 3.63) is 53.6 Å². The van der Waals surface area contributed by atoms with Crippen LogP contribution in [0, 0.1) is 17.6 Å². The number of phenols is 1. The second-order valence-electron chi connectivity index (χ2n) is 9.14. The zero-order valence-electron chi connectivity index (χ0n) is 19.9. The number of phenolic OH excluding ortho intramolecular Hbond substituents is 1. The summed E-state index contributed by atoms with van der Waals surface area (Å²) in [5.74, 6) is -2.59. The molecule has 0 unspecified atom stereocenters. The van der Waals surface area contributed by atoms with Crippen LogP contribution in [-0.2, 0) is 14.4 Å².